The number of ether oxygens (including phenoxy) is 2. The van der Waals surface area contributed by atoms with Gasteiger partial charge < -0.3 is 19.4 Å². The summed E-state index contributed by atoms with van der Waals surface area (Å²) in [6, 6.07) is 11.5. The van der Waals surface area contributed by atoms with Gasteiger partial charge in [0.15, 0.2) is 0 Å². The van der Waals surface area contributed by atoms with Gasteiger partial charge in [-0.05, 0) is 42.3 Å². The molecule has 148 valence electrons. The molecule has 0 spiro atoms. The zero-order valence-corrected chi connectivity index (χ0v) is 16.2. The summed E-state index contributed by atoms with van der Waals surface area (Å²) in [7, 11) is 0. The quantitative estimate of drug-likeness (QED) is 0.359. The van der Waals surface area contributed by atoms with Crippen molar-refractivity contribution in [3.05, 3.63) is 58.1 Å². The molecule has 0 saturated heterocycles. The number of hydrazone groups is 1. The van der Waals surface area contributed by atoms with Crippen LogP contribution < -0.4 is 20.0 Å². The highest BCUT2D eigenvalue weighted by Gasteiger charge is 2.04. The Kier molecular flexibility index (Phi) is 8.58. The summed E-state index contributed by atoms with van der Waals surface area (Å²) in [5, 5.41) is 15.2. The lowest BCUT2D eigenvalue weighted by Crippen LogP contribution is -2.28. The normalized spacial score (nSPS) is 10.6. The minimum atomic E-state index is -1.31. The van der Waals surface area contributed by atoms with E-state index in [9.17, 15) is 14.7 Å². The van der Waals surface area contributed by atoms with Crippen LogP contribution in [0.25, 0.3) is 0 Å². The zero-order valence-electron chi connectivity index (χ0n) is 14.7. The first-order chi connectivity index (χ1) is 13.4. The number of hydrogen-bond donors (Lipinski definition) is 1. The zero-order chi connectivity index (χ0) is 20.4. The van der Waals surface area contributed by atoms with Crippen LogP contribution in [-0.2, 0) is 9.59 Å². The Hall–Kier alpha value is -2.77. The molecule has 0 aliphatic rings. The number of amides is 1. The molecule has 0 aliphatic heterocycles. The maximum atomic E-state index is 11.8. The van der Waals surface area contributed by atoms with Crippen LogP contribution in [0.5, 0.6) is 11.5 Å². The fraction of sp³-hybridized carbons (Fsp3) is 0.211. The summed E-state index contributed by atoms with van der Waals surface area (Å²) < 4.78 is 10.5. The van der Waals surface area contributed by atoms with Crippen molar-refractivity contribution in [2.45, 2.75) is 12.8 Å². The maximum Gasteiger partial charge on any atom is 0.240 e. The van der Waals surface area contributed by atoms with Gasteiger partial charge in [-0.3, -0.25) is 4.79 Å². The lowest BCUT2D eigenvalue weighted by atomic mass is 10.2. The first-order valence-corrected chi connectivity index (χ1v) is 9.02. The van der Waals surface area contributed by atoms with Gasteiger partial charge in [0, 0.05) is 11.4 Å². The fourth-order valence-electron chi connectivity index (χ4n) is 2.07. The number of hydrogen-bond acceptors (Lipinski definition) is 6. The molecule has 1 amide bonds. The summed E-state index contributed by atoms with van der Waals surface area (Å²) in [5.74, 6) is -0.720. The smallest absolute Gasteiger partial charge is 0.240 e. The summed E-state index contributed by atoms with van der Waals surface area (Å²) in [6.45, 7) is -0.225. The molecule has 2 aromatic rings. The van der Waals surface area contributed by atoms with Crippen molar-refractivity contribution >= 4 is 41.3 Å². The second-order valence-electron chi connectivity index (χ2n) is 5.55. The second-order valence-corrected chi connectivity index (χ2v) is 6.40. The van der Waals surface area contributed by atoms with E-state index < -0.39 is 12.6 Å². The Labute approximate surface area is 171 Å². The Balaban J connectivity index is 1.70. The van der Waals surface area contributed by atoms with Crippen molar-refractivity contribution in [1.82, 2.24) is 5.43 Å². The van der Waals surface area contributed by atoms with E-state index in [-0.39, 0.29) is 12.3 Å². The van der Waals surface area contributed by atoms with E-state index in [4.69, 9.17) is 32.7 Å². The van der Waals surface area contributed by atoms with Gasteiger partial charge in [0.1, 0.15) is 18.1 Å². The number of aliphatic carboxylic acids is 1. The van der Waals surface area contributed by atoms with E-state index in [1.54, 1.807) is 42.5 Å². The number of halogens is 2. The average Bonchev–Trinajstić information content (AvgIpc) is 2.65. The number of benzene rings is 2. The van der Waals surface area contributed by atoms with Gasteiger partial charge >= 0.3 is 0 Å². The van der Waals surface area contributed by atoms with E-state index in [1.807, 2.05) is 0 Å². The highest BCUT2D eigenvalue weighted by molar-refractivity contribution is 6.35. The van der Waals surface area contributed by atoms with Crippen LogP contribution in [0.3, 0.4) is 0 Å². The van der Waals surface area contributed by atoms with E-state index in [1.165, 1.54) is 6.21 Å². The molecule has 28 heavy (non-hydrogen) atoms. The van der Waals surface area contributed by atoms with Gasteiger partial charge in [0.05, 0.1) is 23.8 Å². The monoisotopic (exact) mass is 423 g/mol. The van der Waals surface area contributed by atoms with Crippen LogP contribution in [0.15, 0.2) is 47.6 Å². The largest absolute Gasteiger partial charge is 0.546 e. The minimum Gasteiger partial charge on any atom is -0.546 e. The molecule has 0 bridgehead atoms. The predicted molar refractivity (Wildman–Crippen MR) is 104 cm³/mol. The van der Waals surface area contributed by atoms with E-state index in [0.29, 0.717) is 40.1 Å². The standard InChI is InChI=1S/C19H18Cl2N2O5/c20-14-6-7-17(16(21)10-14)27-8-2-5-18(24)23-22-11-13-3-1-4-15(9-13)28-12-19(25)26/h1,3-4,6-7,9-11H,2,5,8,12H2,(H,23,24)(H,25,26)/p-1/b22-11+. The van der Waals surface area contributed by atoms with Gasteiger partial charge in [-0.25, -0.2) is 5.43 Å². The third-order valence-electron chi connectivity index (χ3n) is 3.32. The van der Waals surface area contributed by atoms with Crippen LogP contribution in [0.4, 0.5) is 0 Å². The number of carbonyl (C=O) groups is 2. The average molecular weight is 424 g/mol. The molecule has 0 radical (unpaired) electrons. The van der Waals surface area contributed by atoms with Gasteiger partial charge in [-0.2, -0.15) is 5.10 Å². The molecule has 0 fully saturated rings. The first-order valence-electron chi connectivity index (χ1n) is 8.26. The van der Waals surface area contributed by atoms with Crippen molar-refractivity contribution in [2.24, 2.45) is 5.10 Å². The van der Waals surface area contributed by atoms with Gasteiger partial charge in [-0.15, -0.1) is 0 Å². The second kappa shape index (κ2) is 11.2. The summed E-state index contributed by atoms with van der Waals surface area (Å²) >= 11 is 11.8. The van der Waals surface area contributed by atoms with Crippen LogP contribution >= 0.6 is 23.2 Å². The number of carbonyl (C=O) groups excluding carboxylic acids is 2. The maximum absolute atomic E-state index is 11.8. The molecule has 0 aliphatic carbocycles. The van der Waals surface area contributed by atoms with Gasteiger partial charge in [-0.1, -0.05) is 35.3 Å². The molecule has 2 aromatic carbocycles. The molecule has 0 atom stereocenters. The van der Waals surface area contributed by atoms with Crippen LogP contribution in [-0.4, -0.2) is 31.3 Å². The molecule has 0 aromatic heterocycles. The van der Waals surface area contributed by atoms with Crippen molar-refractivity contribution < 1.29 is 24.2 Å². The molecular formula is C19H17Cl2N2O5-. The minimum absolute atomic E-state index is 0.220. The molecule has 0 heterocycles. The number of nitrogens with one attached hydrogen (secondary N) is 1. The molecule has 1 N–H and O–H groups in total. The van der Waals surface area contributed by atoms with Crippen LogP contribution in [0.2, 0.25) is 10.0 Å². The molecule has 9 heteroatoms. The topological polar surface area (TPSA) is 100 Å². The number of carboxylic acid groups (broad SMARTS) is 1. The van der Waals surface area contributed by atoms with Crippen molar-refractivity contribution in [1.29, 1.82) is 0 Å². The summed E-state index contributed by atoms with van der Waals surface area (Å²) in [5.41, 5.74) is 3.04. The highest BCUT2D eigenvalue weighted by atomic mass is 35.5. The molecule has 0 saturated carbocycles. The first kappa shape index (κ1) is 21.5. The van der Waals surface area contributed by atoms with E-state index in [2.05, 4.69) is 10.5 Å². The molecule has 7 nitrogen and oxygen atoms in total. The summed E-state index contributed by atoms with van der Waals surface area (Å²) in [4.78, 5) is 22.2. The van der Waals surface area contributed by atoms with Crippen molar-refractivity contribution in [2.75, 3.05) is 13.2 Å². The molecular weight excluding hydrogens is 407 g/mol. The van der Waals surface area contributed by atoms with Crippen LogP contribution in [0.1, 0.15) is 18.4 Å². The number of carboxylic acids is 1. The van der Waals surface area contributed by atoms with Crippen LogP contribution in [0, 0.1) is 0 Å². The van der Waals surface area contributed by atoms with Crippen molar-refractivity contribution in [3.63, 3.8) is 0 Å². The fourth-order valence-corrected chi connectivity index (χ4v) is 2.53. The van der Waals surface area contributed by atoms with Gasteiger partial charge in [0.25, 0.3) is 0 Å². The predicted octanol–water partition coefficient (Wildman–Crippen LogP) is 2.43. The van der Waals surface area contributed by atoms with E-state index in [0.717, 1.165) is 0 Å². The summed E-state index contributed by atoms with van der Waals surface area (Å²) in [6.07, 6.45) is 2.12. The number of rotatable bonds is 10. The Morgan fingerprint density at radius 1 is 1.14 bits per heavy atom. The molecule has 0 unspecified atom stereocenters. The Morgan fingerprint density at radius 2 is 1.96 bits per heavy atom. The van der Waals surface area contributed by atoms with Gasteiger partial charge in [0.2, 0.25) is 5.91 Å². The number of nitrogens with zero attached hydrogens (tertiary/aromatic N) is 1. The lowest BCUT2D eigenvalue weighted by Gasteiger charge is -2.08. The van der Waals surface area contributed by atoms with Crippen molar-refractivity contribution in [3.8, 4) is 11.5 Å². The van der Waals surface area contributed by atoms with E-state index >= 15 is 0 Å². The third kappa shape index (κ3) is 7.85. The Morgan fingerprint density at radius 3 is 2.71 bits per heavy atom. The highest BCUT2D eigenvalue weighted by Crippen LogP contribution is 2.27. The third-order valence-corrected chi connectivity index (χ3v) is 3.85. The Bertz CT molecular complexity index is 858. The molecule has 2 rings (SSSR count). The lowest BCUT2D eigenvalue weighted by molar-refractivity contribution is -0.307. The SMILES string of the molecule is O=C([O-])COc1cccc(/C=N/NC(=O)CCCOc2ccc(Cl)cc2Cl)c1.